The minimum absolute atomic E-state index is 0.188. The second-order valence-electron chi connectivity index (χ2n) is 3.08. The van der Waals surface area contributed by atoms with Crippen molar-refractivity contribution < 1.29 is 0 Å². The molecule has 0 fully saturated rings. The van der Waals surface area contributed by atoms with Gasteiger partial charge in [-0.1, -0.05) is 24.3 Å². The van der Waals surface area contributed by atoms with E-state index in [1.807, 2.05) is 0 Å². The molecule has 4 heteroatoms. The molecule has 0 saturated heterocycles. The van der Waals surface area contributed by atoms with Crippen molar-refractivity contribution in [1.29, 1.82) is 0 Å². The molecule has 1 heterocycles. The summed E-state index contributed by atoms with van der Waals surface area (Å²) in [5.41, 5.74) is 1.31. The third-order valence-corrected chi connectivity index (χ3v) is 4.90. The van der Waals surface area contributed by atoms with Gasteiger partial charge in [-0.3, -0.25) is 17.9 Å². The van der Waals surface area contributed by atoms with Crippen LogP contribution in [0.15, 0.2) is 29.3 Å². The van der Waals surface area contributed by atoms with Gasteiger partial charge < -0.3 is 5.32 Å². The maximum atomic E-state index is 4.32. The minimum Gasteiger partial charge on any atom is -0.374 e. The molecule has 0 radical (unpaired) electrons. The van der Waals surface area contributed by atoms with Crippen LogP contribution in [-0.4, -0.2) is 31.1 Å². The fourth-order valence-corrected chi connectivity index (χ4v) is 2.93. The topological polar surface area (TPSA) is 24.4 Å². The molecule has 1 aliphatic rings. The van der Waals surface area contributed by atoms with Gasteiger partial charge in [0.2, 0.25) is 0 Å². The zero-order chi connectivity index (χ0) is 9.10. The van der Waals surface area contributed by atoms with Crippen LogP contribution >= 0.6 is 12.9 Å². The molecule has 2 rings (SSSR count). The number of hydrogen-bond donors (Lipinski definition) is 1. The zero-order valence-corrected chi connectivity index (χ0v) is 10.2. The first-order valence-electron chi connectivity index (χ1n) is 4.30. The first kappa shape index (κ1) is 9.49. The molecule has 1 aromatic carbocycles. The molecule has 0 aliphatic carbocycles. The molecular weight excluding hydrogens is 240 g/mol. The van der Waals surface area contributed by atoms with Crippen LogP contribution in [0.5, 0.6) is 0 Å². The first-order valence-corrected chi connectivity index (χ1v) is 8.90. The van der Waals surface area contributed by atoms with Gasteiger partial charge in [-0.2, -0.15) is 3.69 Å². The van der Waals surface area contributed by atoms with Crippen molar-refractivity contribution in [2.45, 2.75) is 6.04 Å². The summed E-state index contributed by atoms with van der Waals surface area (Å²) in [5.74, 6) is 0. The molecule has 1 unspecified atom stereocenters. The van der Waals surface area contributed by atoms with Crippen LogP contribution in [0.1, 0.15) is 11.6 Å². The molecule has 1 N–H and O–H groups in total. The van der Waals surface area contributed by atoms with Gasteiger partial charge in [0.25, 0.3) is 0 Å². The van der Waals surface area contributed by atoms with E-state index in [0.29, 0.717) is 6.04 Å². The van der Waals surface area contributed by atoms with Crippen molar-refractivity contribution in [1.82, 2.24) is 5.32 Å². The Balaban J connectivity index is 2.17. The Bertz CT molecular complexity index is 310. The summed E-state index contributed by atoms with van der Waals surface area (Å²) in [6.07, 6.45) is 1.79. The molecule has 0 spiro atoms. The lowest BCUT2D eigenvalue weighted by atomic mass is 10.1. The van der Waals surface area contributed by atoms with E-state index in [1.165, 1.54) is 9.26 Å². The molecule has 0 amide bonds. The Morgan fingerprint density at radius 3 is 2.69 bits per heavy atom. The standard InChI is InChI=1S/C9H9N2.BrH.Mg/c1-2-4-8(5-3-1)9-6-10-7-11-9;;/h2-5,7,9H,6H2,(H,10,11);1H;/q;;+1/p-1. The zero-order valence-electron chi connectivity index (χ0n) is 7.20. The molecule has 1 aromatic rings. The number of benzene rings is 1. The molecule has 64 valence electrons. The molecule has 2 nitrogen and oxygen atoms in total. The van der Waals surface area contributed by atoms with Crippen molar-refractivity contribution in [2.24, 2.45) is 4.99 Å². The van der Waals surface area contributed by atoms with Gasteiger partial charge >= 0.3 is 18.2 Å². The van der Waals surface area contributed by atoms with E-state index in [0.717, 1.165) is 6.54 Å². The molecule has 1 atom stereocenters. The maximum absolute atomic E-state index is 4.32. The SMILES string of the molecule is [Br][Mg][c]1ccc(C2CNC=N2)cc1. The van der Waals surface area contributed by atoms with Crippen molar-refractivity contribution in [2.75, 3.05) is 6.54 Å². The Morgan fingerprint density at radius 2 is 2.15 bits per heavy atom. The van der Waals surface area contributed by atoms with E-state index in [2.05, 4.69) is 47.5 Å². The Hall–Kier alpha value is -0.0638. The fourth-order valence-electron chi connectivity index (χ4n) is 1.39. The second-order valence-corrected chi connectivity index (χ2v) is 5.84. The van der Waals surface area contributed by atoms with Crippen molar-refractivity contribution in [3.63, 3.8) is 0 Å². The highest BCUT2D eigenvalue weighted by Crippen LogP contribution is 2.16. The van der Waals surface area contributed by atoms with Crippen LogP contribution in [0.3, 0.4) is 0 Å². The predicted octanol–water partition coefficient (Wildman–Crippen LogP) is 0.999. The van der Waals surface area contributed by atoms with Crippen molar-refractivity contribution in [3.8, 4) is 0 Å². The average Bonchev–Trinajstić information content (AvgIpc) is 2.71. The van der Waals surface area contributed by atoms with E-state index in [-0.39, 0.29) is 18.2 Å². The summed E-state index contributed by atoms with van der Waals surface area (Å²) in [6.45, 7) is 0.936. The van der Waals surface area contributed by atoms with Crippen LogP contribution in [0.4, 0.5) is 0 Å². The minimum atomic E-state index is -0.188. The van der Waals surface area contributed by atoms with Gasteiger partial charge in [0.15, 0.2) is 0 Å². The highest BCUT2D eigenvalue weighted by molar-refractivity contribution is 9.23. The highest BCUT2D eigenvalue weighted by Gasteiger charge is 2.11. The van der Waals surface area contributed by atoms with Crippen molar-refractivity contribution >= 4 is 41.1 Å². The van der Waals surface area contributed by atoms with E-state index >= 15 is 0 Å². The first-order chi connectivity index (χ1) is 6.40. The summed E-state index contributed by atoms with van der Waals surface area (Å²) in [6, 6.07) is 9.08. The molecular formula is C9H9BrMgN2. The summed E-state index contributed by atoms with van der Waals surface area (Å²) in [5, 5.41) is 3.11. The second kappa shape index (κ2) is 4.44. The van der Waals surface area contributed by atoms with Crippen LogP contribution in [-0.2, 0) is 0 Å². The van der Waals surface area contributed by atoms with Crippen LogP contribution in [0, 0.1) is 0 Å². The molecule has 0 bridgehead atoms. The molecule has 1 aliphatic heterocycles. The highest BCUT2D eigenvalue weighted by atomic mass is 79.9. The number of rotatable bonds is 2. The Labute approximate surface area is 93.4 Å². The fraction of sp³-hybridized carbons (Fsp3) is 0.222. The predicted molar refractivity (Wildman–Crippen MR) is 60.0 cm³/mol. The average molecular weight is 249 g/mol. The summed E-state index contributed by atoms with van der Waals surface area (Å²) in [4.78, 5) is 4.32. The van der Waals surface area contributed by atoms with Crippen LogP contribution in [0.25, 0.3) is 0 Å². The third-order valence-electron chi connectivity index (χ3n) is 2.18. The van der Waals surface area contributed by atoms with Crippen molar-refractivity contribution in [3.05, 3.63) is 29.8 Å². The van der Waals surface area contributed by atoms with E-state index in [9.17, 15) is 0 Å². The number of aliphatic imine (C=N–C) groups is 1. The smallest absolute Gasteiger partial charge is 0.374 e. The molecule has 0 aromatic heterocycles. The van der Waals surface area contributed by atoms with Gasteiger partial charge in [0.1, 0.15) is 0 Å². The molecule has 13 heavy (non-hydrogen) atoms. The van der Waals surface area contributed by atoms with Gasteiger partial charge in [-0.05, 0) is 5.56 Å². The van der Waals surface area contributed by atoms with Gasteiger partial charge in [-0.15, -0.1) is 0 Å². The van der Waals surface area contributed by atoms with Crippen LogP contribution < -0.4 is 9.01 Å². The monoisotopic (exact) mass is 248 g/mol. The quantitative estimate of drug-likeness (QED) is 0.777. The summed E-state index contributed by atoms with van der Waals surface area (Å²) < 4.78 is 1.44. The van der Waals surface area contributed by atoms with E-state index in [1.54, 1.807) is 6.34 Å². The Morgan fingerprint density at radius 1 is 1.38 bits per heavy atom. The summed E-state index contributed by atoms with van der Waals surface area (Å²) in [7, 11) is 0. The lowest BCUT2D eigenvalue weighted by Crippen LogP contribution is -2.11. The Kier molecular flexibility index (Phi) is 3.24. The van der Waals surface area contributed by atoms with Gasteiger partial charge in [0, 0.05) is 6.54 Å². The number of hydrogen-bond acceptors (Lipinski definition) is 2. The van der Waals surface area contributed by atoms with E-state index in [4.69, 9.17) is 0 Å². The van der Waals surface area contributed by atoms with Gasteiger partial charge in [-0.25, -0.2) is 0 Å². The third kappa shape index (κ3) is 2.24. The lowest BCUT2D eigenvalue weighted by molar-refractivity contribution is 0.752. The summed E-state index contributed by atoms with van der Waals surface area (Å²) >= 11 is 3.37. The number of nitrogens with one attached hydrogen (secondary N) is 1. The largest absolute Gasteiger partial charge is 0.506 e. The lowest BCUT2D eigenvalue weighted by Gasteiger charge is -2.06. The maximum Gasteiger partial charge on any atom is 0.506 e. The molecule has 0 saturated carbocycles. The number of halogens is 1. The van der Waals surface area contributed by atoms with Gasteiger partial charge in [0.05, 0.1) is 12.4 Å². The normalized spacial score (nSPS) is 19.6. The number of nitrogens with zero attached hydrogens (tertiary/aromatic N) is 1. The van der Waals surface area contributed by atoms with E-state index < -0.39 is 0 Å². The van der Waals surface area contributed by atoms with Crippen LogP contribution in [0.2, 0.25) is 0 Å².